The predicted octanol–water partition coefficient (Wildman–Crippen LogP) is 4.45. The highest BCUT2D eigenvalue weighted by molar-refractivity contribution is 6.42. The number of piperidine rings is 1. The number of likely N-dealkylation sites (tertiary alicyclic amines) is 1. The first-order valence-corrected chi connectivity index (χ1v) is 10.3. The smallest absolute Gasteiger partial charge is 0.226 e. The maximum atomic E-state index is 12.8. The summed E-state index contributed by atoms with van der Waals surface area (Å²) in [6, 6.07) is 11.4. The minimum absolute atomic E-state index is 0.0818. The van der Waals surface area contributed by atoms with Crippen LogP contribution in [-0.4, -0.2) is 34.2 Å². The van der Waals surface area contributed by atoms with Crippen molar-refractivity contribution < 1.29 is 9.42 Å². The molecule has 2 aromatic carbocycles. The van der Waals surface area contributed by atoms with Gasteiger partial charge in [0.25, 0.3) is 0 Å². The second kappa shape index (κ2) is 8.30. The Balaban J connectivity index is 1.30. The third-order valence-electron chi connectivity index (χ3n) is 5.67. The van der Waals surface area contributed by atoms with Gasteiger partial charge in [-0.3, -0.25) is 9.69 Å². The summed E-state index contributed by atoms with van der Waals surface area (Å²) >= 11 is 12.0. The molecule has 0 spiro atoms. The maximum Gasteiger partial charge on any atom is 0.226 e. The zero-order valence-electron chi connectivity index (χ0n) is 16.1. The van der Waals surface area contributed by atoms with E-state index in [1.165, 1.54) is 5.56 Å². The van der Waals surface area contributed by atoms with Gasteiger partial charge in [-0.25, -0.2) is 4.63 Å². The number of benzene rings is 2. The minimum atomic E-state index is -0.368. The number of fused-ring (bicyclic) bond motifs is 1. The Hall–Kier alpha value is -2.15. The largest absolute Gasteiger partial charge is 0.352 e. The number of nitrogens with one attached hydrogen (secondary N) is 1. The van der Waals surface area contributed by atoms with Gasteiger partial charge < -0.3 is 5.32 Å². The Kier molecular flexibility index (Phi) is 5.76. The highest BCUT2D eigenvalue weighted by Crippen LogP contribution is 2.32. The van der Waals surface area contributed by atoms with Crippen molar-refractivity contribution in [3.63, 3.8) is 0 Å². The molecule has 6 nitrogen and oxygen atoms in total. The van der Waals surface area contributed by atoms with Crippen molar-refractivity contribution in [1.29, 1.82) is 0 Å². The Morgan fingerprint density at radius 1 is 1.07 bits per heavy atom. The van der Waals surface area contributed by atoms with Crippen LogP contribution in [0.2, 0.25) is 10.0 Å². The second-order valence-corrected chi connectivity index (χ2v) is 8.67. The first kappa shape index (κ1) is 20.1. The highest BCUT2D eigenvalue weighted by atomic mass is 35.5. The van der Waals surface area contributed by atoms with Gasteiger partial charge in [0, 0.05) is 18.5 Å². The molecule has 8 heteroatoms. The number of hydrogen-bond donors (Lipinski definition) is 1. The monoisotopic (exact) mass is 432 g/mol. The molecule has 0 aliphatic carbocycles. The molecule has 0 unspecified atom stereocenters. The summed E-state index contributed by atoms with van der Waals surface area (Å²) in [7, 11) is 0. The zero-order valence-corrected chi connectivity index (χ0v) is 17.6. The Labute approximate surface area is 179 Å². The van der Waals surface area contributed by atoms with Crippen LogP contribution >= 0.6 is 23.2 Å². The van der Waals surface area contributed by atoms with Gasteiger partial charge in [0.15, 0.2) is 0 Å². The van der Waals surface area contributed by atoms with Gasteiger partial charge in [0.2, 0.25) is 5.91 Å². The van der Waals surface area contributed by atoms with Crippen molar-refractivity contribution in [2.24, 2.45) is 5.41 Å². The van der Waals surface area contributed by atoms with E-state index >= 15 is 0 Å². The van der Waals surface area contributed by atoms with E-state index in [0.717, 1.165) is 49.1 Å². The lowest BCUT2D eigenvalue weighted by molar-refractivity contribution is -0.133. The standard InChI is InChI=1S/C21H22Cl2N4O2/c1-21(20(28)24-12-14-2-4-16(22)17(23)10-14)6-8-27(9-7-21)13-15-3-5-18-19(11-15)26-29-25-18/h2-5,10-11H,6-9,12-13H2,1H3,(H,24,28). The topological polar surface area (TPSA) is 71.3 Å². The molecule has 0 atom stereocenters. The molecule has 152 valence electrons. The quantitative estimate of drug-likeness (QED) is 0.644. The number of carbonyl (C=O) groups excluding carboxylic acids is 1. The van der Waals surface area contributed by atoms with E-state index in [9.17, 15) is 4.79 Å². The third kappa shape index (κ3) is 4.55. The maximum absolute atomic E-state index is 12.8. The molecule has 1 fully saturated rings. The molecule has 4 rings (SSSR count). The van der Waals surface area contributed by atoms with E-state index in [2.05, 4.69) is 20.5 Å². The lowest BCUT2D eigenvalue weighted by atomic mass is 9.79. The van der Waals surface area contributed by atoms with E-state index in [-0.39, 0.29) is 11.3 Å². The van der Waals surface area contributed by atoms with Crippen molar-refractivity contribution in [1.82, 2.24) is 20.5 Å². The van der Waals surface area contributed by atoms with Crippen molar-refractivity contribution in [3.8, 4) is 0 Å². The predicted molar refractivity (Wildman–Crippen MR) is 113 cm³/mol. The molecule has 1 aromatic heterocycles. The van der Waals surface area contributed by atoms with Crippen LogP contribution in [0.1, 0.15) is 30.9 Å². The third-order valence-corrected chi connectivity index (χ3v) is 6.41. The molecule has 29 heavy (non-hydrogen) atoms. The molecule has 2 heterocycles. The van der Waals surface area contributed by atoms with Gasteiger partial charge in [-0.1, -0.05) is 42.3 Å². The van der Waals surface area contributed by atoms with E-state index in [0.29, 0.717) is 16.6 Å². The first-order chi connectivity index (χ1) is 13.9. The molecule has 1 N–H and O–H groups in total. The minimum Gasteiger partial charge on any atom is -0.352 e. The van der Waals surface area contributed by atoms with E-state index in [4.69, 9.17) is 27.8 Å². The van der Waals surface area contributed by atoms with Crippen LogP contribution in [-0.2, 0) is 17.9 Å². The molecule has 1 saturated heterocycles. The van der Waals surface area contributed by atoms with Crippen LogP contribution < -0.4 is 5.32 Å². The van der Waals surface area contributed by atoms with Gasteiger partial charge in [0.05, 0.1) is 10.0 Å². The second-order valence-electron chi connectivity index (χ2n) is 7.86. The Morgan fingerprint density at radius 3 is 2.55 bits per heavy atom. The summed E-state index contributed by atoms with van der Waals surface area (Å²) in [6.45, 7) is 5.05. The Morgan fingerprint density at radius 2 is 1.79 bits per heavy atom. The van der Waals surface area contributed by atoms with Gasteiger partial charge >= 0.3 is 0 Å². The molecule has 3 aromatic rings. The van der Waals surface area contributed by atoms with Crippen LogP contribution in [0.15, 0.2) is 41.0 Å². The van der Waals surface area contributed by atoms with Crippen molar-refractivity contribution in [2.45, 2.75) is 32.9 Å². The fourth-order valence-electron chi connectivity index (χ4n) is 3.66. The SMILES string of the molecule is CC1(C(=O)NCc2ccc(Cl)c(Cl)c2)CCN(Cc2ccc3nonc3c2)CC1. The molecular weight excluding hydrogens is 411 g/mol. The molecule has 1 aliphatic rings. The number of aromatic nitrogens is 2. The van der Waals surface area contributed by atoms with Crippen LogP contribution in [0.5, 0.6) is 0 Å². The van der Waals surface area contributed by atoms with Gasteiger partial charge in [-0.05, 0) is 71.6 Å². The fraction of sp³-hybridized carbons (Fsp3) is 0.381. The number of halogens is 2. The van der Waals surface area contributed by atoms with Crippen LogP contribution in [0, 0.1) is 5.41 Å². The van der Waals surface area contributed by atoms with Crippen LogP contribution in [0.25, 0.3) is 11.0 Å². The average Bonchev–Trinajstić information content (AvgIpc) is 3.18. The number of rotatable bonds is 5. The van der Waals surface area contributed by atoms with Crippen LogP contribution in [0.3, 0.4) is 0 Å². The fourth-order valence-corrected chi connectivity index (χ4v) is 3.98. The van der Waals surface area contributed by atoms with Crippen molar-refractivity contribution >= 4 is 40.1 Å². The molecule has 0 saturated carbocycles. The number of carbonyl (C=O) groups is 1. The zero-order chi connectivity index (χ0) is 20.4. The first-order valence-electron chi connectivity index (χ1n) is 9.59. The lowest BCUT2D eigenvalue weighted by Crippen LogP contribution is -2.46. The van der Waals surface area contributed by atoms with Crippen molar-refractivity contribution in [2.75, 3.05) is 13.1 Å². The normalized spacial score (nSPS) is 16.8. The molecule has 0 bridgehead atoms. The highest BCUT2D eigenvalue weighted by Gasteiger charge is 2.36. The summed E-state index contributed by atoms with van der Waals surface area (Å²) in [5.74, 6) is 0.0818. The summed E-state index contributed by atoms with van der Waals surface area (Å²) in [5, 5.41) is 11.8. The molecular formula is C21H22Cl2N4O2. The average molecular weight is 433 g/mol. The number of amides is 1. The summed E-state index contributed by atoms with van der Waals surface area (Å²) in [6.07, 6.45) is 1.63. The van der Waals surface area contributed by atoms with Crippen molar-refractivity contribution in [3.05, 3.63) is 57.6 Å². The summed E-state index contributed by atoms with van der Waals surface area (Å²) in [5.41, 5.74) is 3.27. The number of nitrogens with zero attached hydrogens (tertiary/aromatic N) is 3. The molecule has 1 amide bonds. The van der Waals surface area contributed by atoms with E-state index in [1.54, 1.807) is 12.1 Å². The van der Waals surface area contributed by atoms with Crippen LogP contribution in [0.4, 0.5) is 0 Å². The number of hydrogen-bond acceptors (Lipinski definition) is 5. The lowest BCUT2D eigenvalue weighted by Gasteiger charge is -2.38. The van der Waals surface area contributed by atoms with Gasteiger partial charge in [-0.2, -0.15) is 0 Å². The molecule has 1 aliphatic heterocycles. The van der Waals surface area contributed by atoms with E-state index < -0.39 is 0 Å². The van der Waals surface area contributed by atoms with Gasteiger partial charge in [-0.15, -0.1) is 0 Å². The molecule has 0 radical (unpaired) electrons. The summed E-state index contributed by atoms with van der Waals surface area (Å²) < 4.78 is 4.76. The van der Waals surface area contributed by atoms with E-state index in [1.807, 2.05) is 31.2 Å². The summed E-state index contributed by atoms with van der Waals surface area (Å²) in [4.78, 5) is 15.2. The van der Waals surface area contributed by atoms with Gasteiger partial charge in [0.1, 0.15) is 11.0 Å². The Bertz CT molecular complexity index is 1030.